The van der Waals surface area contributed by atoms with E-state index >= 15 is 0 Å². The van der Waals surface area contributed by atoms with Crippen molar-refractivity contribution in [2.24, 2.45) is 5.92 Å². The van der Waals surface area contributed by atoms with Crippen molar-refractivity contribution in [1.82, 2.24) is 4.90 Å². The lowest BCUT2D eigenvalue weighted by atomic mass is 9.76. The van der Waals surface area contributed by atoms with E-state index in [-0.39, 0.29) is 30.6 Å². The molecule has 1 aliphatic rings. The zero-order chi connectivity index (χ0) is 24.3. The molecule has 0 radical (unpaired) electrons. The van der Waals surface area contributed by atoms with E-state index in [2.05, 4.69) is 91.5 Å². The highest BCUT2D eigenvalue weighted by Gasteiger charge is 2.64. The molecule has 1 aliphatic heterocycles. The first-order valence-corrected chi connectivity index (χ1v) is 12.3. The van der Waals surface area contributed by atoms with Gasteiger partial charge in [0.1, 0.15) is 12.6 Å². The Balaban J connectivity index is 1.62. The largest absolute Gasteiger partial charge is 0.460 e. The van der Waals surface area contributed by atoms with Crippen LogP contribution >= 0.6 is 0 Å². The van der Waals surface area contributed by atoms with Gasteiger partial charge in [-0.15, -0.1) is 0 Å². The number of hydrogen-bond donors (Lipinski definition) is 0. The van der Waals surface area contributed by atoms with Crippen molar-refractivity contribution in [2.45, 2.75) is 38.1 Å². The monoisotopic (exact) mass is 461 g/mol. The Kier molecular flexibility index (Phi) is 6.52. The molecule has 4 aromatic carbocycles. The minimum atomic E-state index is -0.616. The summed E-state index contributed by atoms with van der Waals surface area (Å²) < 4.78 is 5.88. The van der Waals surface area contributed by atoms with Gasteiger partial charge in [-0.25, -0.2) is 0 Å². The van der Waals surface area contributed by atoms with Crippen molar-refractivity contribution >= 4 is 5.97 Å². The Hall–Kier alpha value is -3.69. The topological polar surface area (TPSA) is 29.3 Å². The zero-order valence-corrected chi connectivity index (χ0v) is 20.2. The molecule has 3 heteroatoms. The molecular formula is C32H31NO2. The molecule has 0 amide bonds. The molecule has 35 heavy (non-hydrogen) atoms. The van der Waals surface area contributed by atoms with Gasteiger partial charge in [-0.1, -0.05) is 135 Å². The summed E-state index contributed by atoms with van der Waals surface area (Å²) in [5.74, 6) is 0.111. The molecule has 0 spiro atoms. The fourth-order valence-corrected chi connectivity index (χ4v) is 5.42. The van der Waals surface area contributed by atoms with Gasteiger partial charge in [-0.3, -0.25) is 9.69 Å². The van der Waals surface area contributed by atoms with E-state index in [1.165, 1.54) is 0 Å². The first-order chi connectivity index (χ1) is 17.1. The number of esters is 1. The summed E-state index contributed by atoms with van der Waals surface area (Å²) in [5.41, 5.74) is 3.80. The number of carbonyl (C=O) groups is 1. The van der Waals surface area contributed by atoms with Crippen LogP contribution in [0.2, 0.25) is 0 Å². The lowest BCUT2D eigenvalue weighted by Gasteiger charge is -2.39. The fraction of sp³-hybridized carbons (Fsp3) is 0.219. The quantitative estimate of drug-likeness (QED) is 0.172. The van der Waals surface area contributed by atoms with Crippen LogP contribution in [0.5, 0.6) is 0 Å². The van der Waals surface area contributed by atoms with Crippen LogP contribution in [0.3, 0.4) is 0 Å². The Morgan fingerprint density at radius 3 is 1.51 bits per heavy atom. The minimum absolute atomic E-state index is 0.0545. The summed E-state index contributed by atoms with van der Waals surface area (Å²) in [6.07, 6.45) is 0. The number of hydrogen-bond acceptors (Lipinski definition) is 3. The second kappa shape index (κ2) is 9.89. The average molecular weight is 462 g/mol. The summed E-state index contributed by atoms with van der Waals surface area (Å²) in [4.78, 5) is 15.9. The molecule has 0 bridgehead atoms. The van der Waals surface area contributed by atoms with Gasteiger partial charge in [0.2, 0.25) is 0 Å². The SMILES string of the molecule is CC(C)[C@@H]1[C@H](C(=O)OCc2ccccc2)N1C(c1ccccc1)(c1ccccc1)c1ccccc1. The van der Waals surface area contributed by atoms with Gasteiger partial charge in [0.15, 0.2) is 0 Å². The van der Waals surface area contributed by atoms with Crippen LogP contribution in [0.1, 0.15) is 36.1 Å². The predicted molar refractivity (Wildman–Crippen MR) is 140 cm³/mol. The van der Waals surface area contributed by atoms with Crippen LogP contribution in [0, 0.1) is 5.92 Å². The van der Waals surface area contributed by atoms with Gasteiger partial charge in [-0.05, 0) is 28.2 Å². The van der Waals surface area contributed by atoms with Crippen LogP contribution < -0.4 is 0 Å². The first kappa shape index (κ1) is 23.1. The van der Waals surface area contributed by atoms with Gasteiger partial charge >= 0.3 is 5.97 Å². The van der Waals surface area contributed by atoms with Crippen molar-refractivity contribution < 1.29 is 9.53 Å². The van der Waals surface area contributed by atoms with Gasteiger partial charge in [-0.2, -0.15) is 0 Å². The smallest absolute Gasteiger partial charge is 0.325 e. The maximum absolute atomic E-state index is 13.6. The van der Waals surface area contributed by atoms with E-state index in [0.29, 0.717) is 0 Å². The summed E-state index contributed by atoms with van der Waals surface area (Å²) >= 11 is 0. The van der Waals surface area contributed by atoms with E-state index in [4.69, 9.17) is 4.74 Å². The molecule has 1 fully saturated rings. The van der Waals surface area contributed by atoms with Gasteiger partial charge < -0.3 is 4.74 Å². The second-order valence-electron chi connectivity index (χ2n) is 9.49. The van der Waals surface area contributed by atoms with E-state index < -0.39 is 5.54 Å². The van der Waals surface area contributed by atoms with Crippen molar-refractivity contribution in [3.8, 4) is 0 Å². The minimum Gasteiger partial charge on any atom is -0.460 e. The fourth-order valence-electron chi connectivity index (χ4n) is 5.42. The predicted octanol–water partition coefficient (Wildman–Crippen LogP) is 6.43. The van der Waals surface area contributed by atoms with Crippen LogP contribution in [-0.4, -0.2) is 23.0 Å². The summed E-state index contributed by atoms with van der Waals surface area (Å²) in [5, 5.41) is 0. The standard InChI is InChI=1S/C32H31NO2/c1-24(2)29-30(31(34)35-23-25-15-7-3-8-16-25)33(29)32(26-17-9-4-10-18-26,27-19-11-5-12-20-27)28-21-13-6-14-22-28/h3-22,24,29-30H,23H2,1-2H3/t29-,30-,33?/m1/s1. The van der Waals surface area contributed by atoms with Gasteiger partial charge in [0.25, 0.3) is 0 Å². The van der Waals surface area contributed by atoms with E-state index in [1.54, 1.807) is 0 Å². The van der Waals surface area contributed by atoms with E-state index in [0.717, 1.165) is 22.3 Å². The lowest BCUT2D eigenvalue weighted by molar-refractivity contribution is -0.145. The Morgan fingerprint density at radius 1 is 0.714 bits per heavy atom. The van der Waals surface area contributed by atoms with Crippen molar-refractivity contribution in [3.05, 3.63) is 144 Å². The molecule has 3 atom stereocenters. The van der Waals surface area contributed by atoms with Gasteiger partial charge in [0.05, 0.1) is 5.54 Å². The molecule has 4 aromatic rings. The summed E-state index contributed by atoms with van der Waals surface area (Å²) in [6.45, 7) is 4.66. The Labute approximate surface area is 208 Å². The molecule has 0 aliphatic carbocycles. The normalized spacial score (nSPS) is 19.3. The third-order valence-electron chi connectivity index (χ3n) is 6.97. The van der Waals surface area contributed by atoms with Crippen LogP contribution in [0.15, 0.2) is 121 Å². The third kappa shape index (κ3) is 4.28. The molecule has 1 heterocycles. The lowest BCUT2D eigenvalue weighted by Crippen LogP contribution is -2.41. The van der Waals surface area contributed by atoms with Crippen LogP contribution in [0.25, 0.3) is 0 Å². The molecule has 1 unspecified atom stereocenters. The molecule has 0 saturated carbocycles. The molecule has 3 nitrogen and oxygen atoms in total. The highest BCUT2D eigenvalue weighted by Crippen LogP contribution is 2.53. The van der Waals surface area contributed by atoms with Crippen molar-refractivity contribution in [3.63, 3.8) is 0 Å². The van der Waals surface area contributed by atoms with Crippen molar-refractivity contribution in [2.75, 3.05) is 0 Å². The molecule has 1 saturated heterocycles. The van der Waals surface area contributed by atoms with E-state index in [1.807, 2.05) is 48.5 Å². The number of rotatable bonds is 8. The number of carbonyl (C=O) groups excluding carboxylic acids is 1. The van der Waals surface area contributed by atoms with Gasteiger partial charge in [0, 0.05) is 6.04 Å². The number of ether oxygens (including phenoxy) is 1. The molecule has 0 N–H and O–H groups in total. The Morgan fingerprint density at radius 2 is 1.11 bits per heavy atom. The summed E-state index contributed by atoms with van der Waals surface area (Å²) in [6, 6.07) is 41.2. The van der Waals surface area contributed by atoms with Crippen LogP contribution in [0.4, 0.5) is 0 Å². The molecule has 176 valence electrons. The molecular weight excluding hydrogens is 430 g/mol. The number of nitrogens with zero attached hydrogens (tertiary/aromatic N) is 1. The molecule has 5 rings (SSSR count). The van der Waals surface area contributed by atoms with Crippen LogP contribution in [-0.2, 0) is 21.7 Å². The second-order valence-corrected chi connectivity index (χ2v) is 9.49. The maximum atomic E-state index is 13.6. The Bertz CT molecular complexity index is 1140. The molecule has 0 aromatic heterocycles. The first-order valence-electron chi connectivity index (χ1n) is 12.3. The zero-order valence-electron chi connectivity index (χ0n) is 20.2. The third-order valence-corrected chi connectivity index (χ3v) is 6.97. The number of benzene rings is 4. The highest BCUT2D eigenvalue weighted by atomic mass is 16.5. The summed E-state index contributed by atoms with van der Waals surface area (Å²) in [7, 11) is 0. The average Bonchev–Trinajstić information content (AvgIpc) is 3.67. The van der Waals surface area contributed by atoms with Crippen molar-refractivity contribution in [1.29, 1.82) is 0 Å². The highest BCUT2D eigenvalue weighted by molar-refractivity contribution is 5.81. The maximum Gasteiger partial charge on any atom is 0.325 e. The van der Waals surface area contributed by atoms with E-state index in [9.17, 15) is 4.79 Å².